The van der Waals surface area contributed by atoms with E-state index in [-0.39, 0.29) is 54.6 Å². The van der Waals surface area contributed by atoms with Crippen molar-refractivity contribution in [1.82, 2.24) is 4.90 Å². The minimum Gasteiger partial charge on any atom is -0.396 e. The zero-order valence-electron chi connectivity index (χ0n) is 20.6. The number of aliphatic hydroxyl groups is 3. The highest BCUT2D eigenvalue weighted by Crippen LogP contribution is 2.80. The zero-order valence-corrected chi connectivity index (χ0v) is 20.6. The number of likely N-dealkylation sites (tertiary alicyclic amines) is 1. The minimum absolute atomic E-state index is 0.0443. The molecule has 0 aromatic rings. The number of rotatable bonds is 6. The summed E-state index contributed by atoms with van der Waals surface area (Å²) in [6, 6.07) is -0.312. The van der Waals surface area contributed by atoms with Gasteiger partial charge in [-0.3, -0.25) is 4.90 Å². The molecule has 0 aromatic carbocycles. The van der Waals surface area contributed by atoms with Crippen molar-refractivity contribution in [2.24, 2.45) is 34.5 Å². The summed E-state index contributed by atoms with van der Waals surface area (Å²) < 4.78 is 24.5. The fourth-order valence-electron chi connectivity index (χ4n) is 11.0. The summed E-state index contributed by atoms with van der Waals surface area (Å²) in [5, 5.41) is 36.6. The summed E-state index contributed by atoms with van der Waals surface area (Å²) in [4.78, 5) is 2.33. The molecular formula is C25H41NO7. The number of aliphatic hydroxyl groups excluding tert-OH is 1. The van der Waals surface area contributed by atoms with Gasteiger partial charge in [-0.25, -0.2) is 0 Å². The second kappa shape index (κ2) is 7.13. The van der Waals surface area contributed by atoms with Crippen LogP contribution in [0.3, 0.4) is 0 Å². The van der Waals surface area contributed by atoms with Gasteiger partial charge in [0.2, 0.25) is 0 Å². The Morgan fingerprint density at radius 1 is 1.03 bits per heavy atom. The maximum absolute atomic E-state index is 13.0. The van der Waals surface area contributed by atoms with Crippen LogP contribution in [0.1, 0.15) is 32.6 Å². The van der Waals surface area contributed by atoms with Crippen LogP contribution in [0.15, 0.2) is 0 Å². The van der Waals surface area contributed by atoms with Crippen molar-refractivity contribution in [3.63, 3.8) is 0 Å². The van der Waals surface area contributed by atoms with Crippen LogP contribution >= 0.6 is 0 Å². The maximum Gasteiger partial charge on any atom is 0.136 e. The van der Waals surface area contributed by atoms with Crippen LogP contribution in [0.25, 0.3) is 0 Å². The van der Waals surface area contributed by atoms with Gasteiger partial charge >= 0.3 is 0 Å². The molecule has 8 nitrogen and oxygen atoms in total. The molecule has 3 N–H and O–H groups in total. The molecule has 13 atom stereocenters. The van der Waals surface area contributed by atoms with E-state index in [2.05, 4.69) is 11.8 Å². The second-order valence-corrected chi connectivity index (χ2v) is 11.8. The van der Waals surface area contributed by atoms with E-state index in [1.807, 2.05) is 0 Å². The molecule has 1 saturated heterocycles. The summed E-state index contributed by atoms with van der Waals surface area (Å²) in [6.45, 7) is 3.59. The smallest absolute Gasteiger partial charge is 0.136 e. The van der Waals surface area contributed by atoms with E-state index in [0.29, 0.717) is 13.0 Å². The number of piperidine rings is 1. The Bertz CT molecular complexity index is 814. The number of ether oxygens (including phenoxy) is 4. The Balaban J connectivity index is 1.68. The first-order valence-electron chi connectivity index (χ1n) is 12.7. The van der Waals surface area contributed by atoms with Crippen LogP contribution in [0.2, 0.25) is 0 Å². The zero-order chi connectivity index (χ0) is 23.6. The summed E-state index contributed by atoms with van der Waals surface area (Å²) in [5.74, 6) is -0.0916. The molecule has 33 heavy (non-hydrogen) atoms. The molecule has 188 valence electrons. The van der Waals surface area contributed by atoms with E-state index >= 15 is 0 Å². The van der Waals surface area contributed by atoms with Gasteiger partial charge in [0, 0.05) is 70.0 Å². The van der Waals surface area contributed by atoms with Crippen LogP contribution in [-0.4, -0.2) is 110 Å². The molecule has 7 bridgehead atoms. The molecule has 0 amide bonds. The third kappa shape index (κ3) is 2.16. The van der Waals surface area contributed by atoms with Crippen molar-refractivity contribution in [2.45, 2.75) is 74.3 Å². The van der Waals surface area contributed by atoms with Crippen molar-refractivity contribution in [3.05, 3.63) is 0 Å². The van der Waals surface area contributed by atoms with Gasteiger partial charge in [-0.05, 0) is 31.7 Å². The van der Waals surface area contributed by atoms with E-state index < -0.39 is 28.1 Å². The van der Waals surface area contributed by atoms with E-state index in [1.54, 1.807) is 28.4 Å². The van der Waals surface area contributed by atoms with Gasteiger partial charge in [-0.1, -0.05) is 6.92 Å². The highest BCUT2D eigenvalue weighted by Gasteiger charge is 2.91. The quantitative estimate of drug-likeness (QED) is 0.512. The lowest BCUT2D eigenvalue weighted by Gasteiger charge is -2.70. The van der Waals surface area contributed by atoms with Crippen molar-refractivity contribution in [3.8, 4) is 0 Å². The predicted octanol–water partition coefficient (Wildman–Crippen LogP) is 0.271. The molecule has 1 spiro atoms. The third-order valence-corrected chi connectivity index (χ3v) is 11.6. The molecule has 1 aliphatic heterocycles. The van der Waals surface area contributed by atoms with Crippen LogP contribution < -0.4 is 0 Å². The molecular weight excluding hydrogens is 426 g/mol. The monoisotopic (exact) mass is 467 g/mol. The van der Waals surface area contributed by atoms with Gasteiger partial charge < -0.3 is 34.3 Å². The average Bonchev–Trinajstić information content (AvgIpc) is 3.24. The summed E-state index contributed by atoms with van der Waals surface area (Å²) in [6.07, 6.45) is 1.81. The number of fused-ring (bicyclic) bond motifs is 2. The van der Waals surface area contributed by atoms with Gasteiger partial charge in [0.15, 0.2) is 0 Å². The Morgan fingerprint density at radius 2 is 1.79 bits per heavy atom. The number of hydrogen-bond acceptors (Lipinski definition) is 8. The minimum atomic E-state index is -1.52. The van der Waals surface area contributed by atoms with Crippen LogP contribution in [0.4, 0.5) is 0 Å². The molecule has 1 unspecified atom stereocenters. The van der Waals surface area contributed by atoms with Crippen molar-refractivity contribution < 1.29 is 34.3 Å². The summed E-state index contributed by atoms with van der Waals surface area (Å²) in [5.41, 5.74) is -3.78. The average molecular weight is 468 g/mol. The Labute approximate surface area is 196 Å². The van der Waals surface area contributed by atoms with Gasteiger partial charge in [0.25, 0.3) is 0 Å². The van der Waals surface area contributed by atoms with Gasteiger partial charge in [-0.15, -0.1) is 0 Å². The highest BCUT2D eigenvalue weighted by atomic mass is 16.5. The Kier molecular flexibility index (Phi) is 4.99. The van der Waals surface area contributed by atoms with Gasteiger partial charge in [0.05, 0.1) is 37.1 Å². The molecule has 0 radical (unpaired) electrons. The number of nitrogens with zero attached hydrogens (tertiary/aromatic N) is 1. The second-order valence-electron chi connectivity index (χ2n) is 11.8. The largest absolute Gasteiger partial charge is 0.396 e. The molecule has 6 aliphatic rings. The first kappa shape index (κ1) is 23.1. The highest BCUT2D eigenvalue weighted by molar-refractivity contribution is 5.41. The Hall–Kier alpha value is -0.320. The lowest BCUT2D eigenvalue weighted by atomic mass is 9.42. The van der Waals surface area contributed by atoms with Gasteiger partial charge in [-0.2, -0.15) is 0 Å². The third-order valence-electron chi connectivity index (χ3n) is 11.6. The summed E-state index contributed by atoms with van der Waals surface area (Å²) in [7, 11) is 6.85. The predicted molar refractivity (Wildman–Crippen MR) is 119 cm³/mol. The number of methoxy groups -OCH3 is 4. The molecule has 6 rings (SSSR count). The van der Waals surface area contributed by atoms with Gasteiger partial charge in [0.1, 0.15) is 11.2 Å². The van der Waals surface area contributed by atoms with Crippen LogP contribution in [-0.2, 0) is 18.9 Å². The van der Waals surface area contributed by atoms with Crippen molar-refractivity contribution in [1.29, 1.82) is 0 Å². The van der Waals surface area contributed by atoms with E-state index in [4.69, 9.17) is 18.9 Å². The molecule has 5 saturated carbocycles. The van der Waals surface area contributed by atoms with Crippen LogP contribution in [0, 0.1) is 34.5 Å². The number of hydrogen-bond donors (Lipinski definition) is 3. The van der Waals surface area contributed by atoms with Crippen molar-refractivity contribution >= 4 is 0 Å². The molecule has 1 heterocycles. The van der Waals surface area contributed by atoms with Crippen molar-refractivity contribution in [2.75, 3.05) is 48.1 Å². The first-order chi connectivity index (χ1) is 15.8. The maximum atomic E-state index is 13.0. The Morgan fingerprint density at radius 3 is 2.36 bits per heavy atom. The number of likely N-dealkylation sites (N-methyl/N-ethyl adjacent to an activating group) is 1. The van der Waals surface area contributed by atoms with E-state index in [1.165, 1.54) is 0 Å². The molecule has 5 aliphatic carbocycles. The van der Waals surface area contributed by atoms with Crippen LogP contribution in [0.5, 0.6) is 0 Å². The molecule has 8 heteroatoms. The standard InChI is InChI=1S/C25H41NO7/c1-6-26-11-22(12-27)8-7-16(31-3)24-14-9-13-15(30-2)10-23(28,17(14)18(13)32-4)25(29,21(24)26)20(33-5)19(22)24/h13-21,27-29H,6-12H2,1-5H3/t13-,14-,15+,16+,17-,18+,19-,20-,21?,22+,23-,24+,25-/m0/s1. The van der Waals surface area contributed by atoms with E-state index in [9.17, 15) is 15.3 Å². The van der Waals surface area contributed by atoms with E-state index in [0.717, 1.165) is 25.8 Å². The topological polar surface area (TPSA) is 101 Å². The lowest BCUT2D eigenvalue weighted by molar-refractivity contribution is -0.320. The fraction of sp³-hybridized carbons (Fsp3) is 1.00. The normalized spacial score (nSPS) is 60.9. The SMILES string of the molecule is CCN1C[C@@]2(CO)CC[C@@H](OC)[C@@]34C1[C@@](O)([C@@H](OC)[C@@H]23)[C@]1(O)C[C@@H](OC)[C@@H]2C[C@H]4[C@H]1[C@@H]2OC. The first-order valence-corrected chi connectivity index (χ1v) is 12.7. The molecule has 0 aromatic heterocycles. The lowest BCUT2D eigenvalue weighted by Crippen LogP contribution is -2.82. The summed E-state index contributed by atoms with van der Waals surface area (Å²) >= 11 is 0. The molecule has 6 fully saturated rings. The fourth-order valence-corrected chi connectivity index (χ4v) is 11.0.